The first-order chi connectivity index (χ1) is 19.0. The molecule has 1 N–H and O–H groups in total. The Hall–Kier alpha value is -4.28. The van der Waals surface area contributed by atoms with Gasteiger partial charge in [0.2, 0.25) is 11.8 Å². The number of methoxy groups -OCH3 is 1. The van der Waals surface area contributed by atoms with Gasteiger partial charge in [0.05, 0.1) is 26.1 Å². The summed E-state index contributed by atoms with van der Waals surface area (Å²) in [6.07, 6.45) is 2.97. The van der Waals surface area contributed by atoms with Gasteiger partial charge >= 0.3 is 0 Å². The van der Waals surface area contributed by atoms with Crippen LogP contribution >= 0.6 is 23.4 Å². The number of anilines is 1. The van der Waals surface area contributed by atoms with Gasteiger partial charge in [-0.25, -0.2) is 0 Å². The number of furan rings is 2. The van der Waals surface area contributed by atoms with Gasteiger partial charge in [-0.2, -0.15) is 5.10 Å². The summed E-state index contributed by atoms with van der Waals surface area (Å²) >= 11 is 7.14. The van der Waals surface area contributed by atoms with Gasteiger partial charge in [-0.3, -0.25) is 14.5 Å². The van der Waals surface area contributed by atoms with Crippen LogP contribution in [0.4, 0.5) is 5.69 Å². The zero-order valence-electron chi connectivity index (χ0n) is 20.7. The van der Waals surface area contributed by atoms with Crippen LogP contribution < -0.4 is 10.1 Å². The van der Waals surface area contributed by atoms with Crippen LogP contribution in [0.15, 0.2) is 98.1 Å². The summed E-state index contributed by atoms with van der Waals surface area (Å²) in [5.41, 5.74) is 1.49. The molecular formula is C28H23ClN4O5S. The van der Waals surface area contributed by atoms with Crippen molar-refractivity contribution in [2.45, 2.75) is 18.2 Å². The zero-order chi connectivity index (χ0) is 27.2. The number of nitrogens with zero attached hydrogens (tertiary/aromatic N) is 3. The summed E-state index contributed by atoms with van der Waals surface area (Å²) in [6.45, 7) is 0.172. The SMILES string of the molecule is COc1ccc(NC(=O)CC2S/C(=N\N=C\c3ccc(-c4ccc(Cl)cc4)o3)N(Cc3ccco3)C2=O)cc1. The highest BCUT2D eigenvalue weighted by Crippen LogP contribution is 2.32. The lowest BCUT2D eigenvalue weighted by molar-refractivity contribution is -0.128. The van der Waals surface area contributed by atoms with E-state index in [0.717, 1.165) is 5.56 Å². The van der Waals surface area contributed by atoms with Crippen molar-refractivity contribution in [3.05, 3.63) is 95.6 Å². The molecule has 39 heavy (non-hydrogen) atoms. The Balaban J connectivity index is 1.28. The predicted octanol–water partition coefficient (Wildman–Crippen LogP) is 6.06. The van der Waals surface area contributed by atoms with Gasteiger partial charge in [-0.05, 0) is 72.8 Å². The molecule has 4 aromatic rings. The Bertz CT molecular complexity index is 1500. The van der Waals surface area contributed by atoms with Crippen molar-refractivity contribution in [1.29, 1.82) is 0 Å². The molecule has 0 spiro atoms. The normalized spacial score (nSPS) is 16.4. The van der Waals surface area contributed by atoms with E-state index in [-0.39, 0.29) is 24.8 Å². The topological polar surface area (TPSA) is 110 Å². The Morgan fingerprint density at radius 2 is 1.92 bits per heavy atom. The molecule has 0 bridgehead atoms. The average molecular weight is 563 g/mol. The summed E-state index contributed by atoms with van der Waals surface area (Å²) in [5.74, 6) is 1.88. The molecule has 0 saturated carbocycles. The fourth-order valence-electron chi connectivity index (χ4n) is 3.80. The number of halogens is 1. The number of rotatable bonds is 9. The number of hydrogen-bond acceptors (Lipinski definition) is 8. The van der Waals surface area contributed by atoms with Crippen LogP contribution in [-0.2, 0) is 16.1 Å². The van der Waals surface area contributed by atoms with Crippen LogP contribution in [0.3, 0.4) is 0 Å². The number of amides is 2. The first-order valence-corrected chi connectivity index (χ1v) is 13.2. The molecule has 1 fully saturated rings. The van der Waals surface area contributed by atoms with E-state index in [9.17, 15) is 9.59 Å². The summed E-state index contributed by atoms with van der Waals surface area (Å²) in [4.78, 5) is 27.4. The maximum absolute atomic E-state index is 13.2. The van der Waals surface area contributed by atoms with Gasteiger partial charge < -0.3 is 18.9 Å². The highest BCUT2D eigenvalue weighted by atomic mass is 35.5. The minimum atomic E-state index is -0.660. The lowest BCUT2D eigenvalue weighted by atomic mass is 10.2. The third-order valence-corrected chi connectivity index (χ3v) is 7.16. The Labute approximate surface area is 233 Å². The van der Waals surface area contributed by atoms with E-state index in [4.69, 9.17) is 25.2 Å². The van der Waals surface area contributed by atoms with E-state index in [1.54, 1.807) is 61.7 Å². The van der Waals surface area contributed by atoms with Crippen molar-refractivity contribution in [2.75, 3.05) is 12.4 Å². The second-order valence-electron chi connectivity index (χ2n) is 8.43. The number of hydrogen-bond donors (Lipinski definition) is 1. The second-order valence-corrected chi connectivity index (χ2v) is 10.0. The van der Waals surface area contributed by atoms with Crippen LogP contribution in [0, 0.1) is 0 Å². The monoisotopic (exact) mass is 562 g/mol. The highest BCUT2D eigenvalue weighted by molar-refractivity contribution is 8.15. The second kappa shape index (κ2) is 12.1. The molecule has 1 saturated heterocycles. The molecule has 9 nitrogen and oxygen atoms in total. The Morgan fingerprint density at radius 3 is 2.64 bits per heavy atom. The van der Waals surface area contributed by atoms with E-state index >= 15 is 0 Å². The van der Waals surface area contributed by atoms with Crippen LogP contribution in [0.1, 0.15) is 17.9 Å². The number of nitrogens with one attached hydrogen (secondary N) is 1. The molecule has 198 valence electrons. The molecule has 1 atom stereocenters. The third-order valence-electron chi connectivity index (χ3n) is 5.74. The molecule has 1 aliphatic heterocycles. The summed E-state index contributed by atoms with van der Waals surface area (Å²) < 4.78 is 16.4. The molecule has 0 radical (unpaired) electrons. The predicted molar refractivity (Wildman–Crippen MR) is 151 cm³/mol. The number of ether oxygens (including phenoxy) is 1. The van der Waals surface area contributed by atoms with Gasteiger partial charge in [0.15, 0.2) is 5.17 Å². The van der Waals surface area contributed by atoms with E-state index in [1.807, 2.05) is 18.2 Å². The molecule has 0 aliphatic carbocycles. The summed E-state index contributed by atoms with van der Waals surface area (Å²) in [7, 11) is 1.57. The number of amidine groups is 1. The number of thioether (sulfide) groups is 1. The van der Waals surface area contributed by atoms with Gasteiger partial charge in [0.25, 0.3) is 0 Å². The van der Waals surface area contributed by atoms with Crippen LogP contribution in [-0.4, -0.2) is 40.5 Å². The molecule has 1 unspecified atom stereocenters. The molecule has 2 aromatic heterocycles. The lowest BCUT2D eigenvalue weighted by Gasteiger charge is -2.14. The van der Waals surface area contributed by atoms with Crippen LogP contribution in [0.5, 0.6) is 5.75 Å². The van der Waals surface area contributed by atoms with Crippen molar-refractivity contribution in [2.24, 2.45) is 10.2 Å². The van der Waals surface area contributed by atoms with E-state index in [0.29, 0.717) is 38.9 Å². The minimum Gasteiger partial charge on any atom is -0.497 e. The van der Waals surface area contributed by atoms with Crippen LogP contribution in [0.25, 0.3) is 11.3 Å². The largest absolute Gasteiger partial charge is 0.497 e. The maximum atomic E-state index is 13.2. The molecule has 3 heterocycles. The van der Waals surface area contributed by atoms with E-state index in [2.05, 4.69) is 15.5 Å². The molecule has 2 amide bonds. The van der Waals surface area contributed by atoms with E-state index in [1.165, 1.54) is 29.1 Å². The first-order valence-electron chi connectivity index (χ1n) is 11.9. The third kappa shape index (κ3) is 6.60. The van der Waals surface area contributed by atoms with Crippen molar-refractivity contribution in [3.8, 4) is 17.1 Å². The average Bonchev–Trinajstić information content (AvgIpc) is 3.69. The molecule has 1 aliphatic rings. The molecular weight excluding hydrogens is 540 g/mol. The quantitative estimate of drug-likeness (QED) is 0.196. The highest BCUT2D eigenvalue weighted by Gasteiger charge is 2.39. The minimum absolute atomic E-state index is 0.0322. The standard InChI is InChI=1S/C28H23ClN4O5S/c1-36-21-10-8-20(9-11-21)31-26(34)15-25-27(35)33(17-23-3-2-14-37-23)28(39-25)32-30-16-22-12-13-24(38-22)18-4-6-19(29)7-5-18/h2-14,16,25H,15,17H2,1H3,(H,31,34)/b30-16+,32-28-. The Morgan fingerprint density at radius 1 is 1.13 bits per heavy atom. The fourth-order valence-corrected chi connectivity index (χ4v) is 5.02. The first kappa shape index (κ1) is 26.3. The molecule has 11 heteroatoms. The fraction of sp³-hybridized carbons (Fsp3) is 0.143. The van der Waals surface area contributed by atoms with Crippen molar-refractivity contribution >= 4 is 52.2 Å². The smallest absolute Gasteiger partial charge is 0.243 e. The van der Waals surface area contributed by atoms with E-state index < -0.39 is 5.25 Å². The van der Waals surface area contributed by atoms with Gasteiger partial charge in [0, 0.05) is 22.7 Å². The van der Waals surface area contributed by atoms with Gasteiger partial charge in [0.1, 0.15) is 28.3 Å². The molecule has 5 rings (SSSR count). The van der Waals surface area contributed by atoms with Crippen molar-refractivity contribution in [3.63, 3.8) is 0 Å². The van der Waals surface area contributed by atoms with Crippen LogP contribution in [0.2, 0.25) is 5.02 Å². The number of benzene rings is 2. The summed E-state index contributed by atoms with van der Waals surface area (Å²) in [5, 5.41) is 11.6. The maximum Gasteiger partial charge on any atom is 0.243 e. The lowest BCUT2D eigenvalue weighted by Crippen LogP contribution is -2.33. The van der Waals surface area contributed by atoms with Crippen molar-refractivity contribution < 1.29 is 23.2 Å². The Kier molecular flexibility index (Phi) is 8.14. The zero-order valence-corrected chi connectivity index (χ0v) is 22.3. The van der Waals surface area contributed by atoms with Gasteiger partial charge in [-0.15, -0.1) is 5.10 Å². The summed E-state index contributed by atoms with van der Waals surface area (Å²) in [6, 6.07) is 21.4. The number of carbonyl (C=O) groups is 2. The van der Waals surface area contributed by atoms with Crippen molar-refractivity contribution in [1.82, 2.24) is 4.90 Å². The molecule has 2 aromatic carbocycles. The van der Waals surface area contributed by atoms with Gasteiger partial charge in [-0.1, -0.05) is 23.4 Å². The number of carbonyl (C=O) groups excluding carboxylic acids is 2.